The number of alkyl halides is 3. The number of nitrogens with one attached hydrogen (secondary N) is 2. The number of para-hydroxylation sites is 1. The van der Waals surface area contributed by atoms with Gasteiger partial charge in [-0.15, -0.1) is 0 Å². The van der Waals surface area contributed by atoms with Crippen LogP contribution in [-0.4, -0.2) is 47.9 Å². The summed E-state index contributed by atoms with van der Waals surface area (Å²) in [5, 5.41) is 16.7. The van der Waals surface area contributed by atoms with Crippen molar-refractivity contribution in [1.29, 1.82) is 0 Å². The van der Waals surface area contributed by atoms with E-state index in [1.165, 1.54) is 12.1 Å². The van der Waals surface area contributed by atoms with E-state index in [9.17, 15) is 23.1 Å². The molecule has 0 bridgehead atoms. The lowest BCUT2D eigenvalue weighted by Gasteiger charge is -2.29. The minimum absolute atomic E-state index is 0.0254. The van der Waals surface area contributed by atoms with Gasteiger partial charge >= 0.3 is 6.18 Å². The fraction of sp³-hybridized carbons (Fsp3) is 0.391. The van der Waals surface area contributed by atoms with Crippen molar-refractivity contribution >= 4 is 17.4 Å². The number of benzene rings is 2. The number of hydrogen-bond donors (Lipinski definition) is 3. The highest BCUT2D eigenvalue weighted by Crippen LogP contribution is 2.40. The Hall–Kier alpha value is -3.07. The van der Waals surface area contributed by atoms with Gasteiger partial charge < -0.3 is 20.6 Å². The van der Waals surface area contributed by atoms with Gasteiger partial charge in [-0.2, -0.15) is 13.2 Å². The van der Waals surface area contributed by atoms with Crippen molar-refractivity contribution in [1.82, 2.24) is 10.2 Å². The molecular weight excluding hydrogens is 421 g/mol. The number of phenols is 1. The Labute approximate surface area is 184 Å². The van der Waals surface area contributed by atoms with Crippen molar-refractivity contribution in [3.05, 3.63) is 58.7 Å². The van der Waals surface area contributed by atoms with Crippen molar-refractivity contribution in [3.63, 3.8) is 0 Å². The number of aliphatic imine (C=N–C) groups is 1. The van der Waals surface area contributed by atoms with Crippen LogP contribution in [0.5, 0.6) is 5.75 Å². The molecule has 2 aromatic carbocycles. The predicted molar refractivity (Wildman–Crippen MR) is 116 cm³/mol. The molecule has 6 nitrogen and oxygen atoms in total. The predicted octanol–water partition coefficient (Wildman–Crippen LogP) is 3.84. The SMILES string of the molecule is Cc1ccc2c(c1)NC(c1cccc(C(F)(F)F)c1O)=NC2C(=O)N(C)C[C@@H]1CCCN1. The van der Waals surface area contributed by atoms with Crippen molar-refractivity contribution in [2.75, 3.05) is 25.5 Å². The first kappa shape index (κ1) is 22.1. The topological polar surface area (TPSA) is 77.0 Å². The number of likely N-dealkylation sites (N-methyl/N-ethyl adjacent to an activating group) is 1. The number of nitrogens with zero attached hydrogens (tertiary/aromatic N) is 2. The van der Waals surface area contributed by atoms with Gasteiger partial charge in [0.15, 0.2) is 6.04 Å². The highest BCUT2D eigenvalue weighted by molar-refractivity contribution is 6.13. The molecule has 1 fully saturated rings. The lowest BCUT2D eigenvalue weighted by atomic mass is 9.98. The Morgan fingerprint density at radius 1 is 1.28 bits per heavy atom. The Morgan fingerprint density at radius 2 is 2.06 bits per heavy atom. The molecule has 1 amide bonds. The smallest absolute Gasteiger partial charge is 0.419 e. The zero-order valence-corrected chi connectivity index (χ0v) is 17.8. The molecule has 170 valence electrons. The Morgan fingerprint density at radius 3 is 2.75 bits per heavy atom. The third kappa shape index (κ3) is 4.29. The number of fused-ring (bicyclic) bond motifs is 1. The molecule has 2 aromatic rings. The quantitative estimate of drug-likeness (QED) is 0.667. The molecule has 0 saturated carbocycles. The van der Waals surface area contributed by atoms with Crippen molar-refractivity contribution in [2.45, 2.75) is 38.0 Å². The number of anilines is 1. The number of phenolic OH excluding ortho intramolecular Hbond substituents is 1. The van der Waals surface area contributed by atoms with Crippen LogP contribution >= 0.6 is 0 Å². The molecule has 2 aliphatic heterocycles. The highest BCUT2D eigenvalue weighted by Gasteiger charge is 2.37. The van der Waals surface area contributed by atoms with Gasteiger partial charge in [-0.05, 0) is 50.1 Å². The third-order valence-electron chi connectivity index (χ3n) is 5.88. The summed E-state index contributed by atoms with van der Waals surface area (Å²) in [6.07, 6.45) is -2.68. The summed E-state index contributed by atoms with van der Waals surface area (Å²) < 4.78 is 39.9. The van der Waals surface area contributed by atoms with Crippen LogP contribution < -0.4 is 10.6 Å². The summed E-state index contributed by atoms with van der Waals surface area (Å²) in [4.78, 5) is 19.4. The van der Waals surface area contributed by atoms with E-state index in [0.717, 1.165) is 31.0 Å². The average molecular weight is 446 g/mol. The first-order valence-electron chi connectivity index (χ1n) is 10.5. The molecular formula is C23H25F3N4O2. The van der Waals surface area contributed by atoms with Gasteiger partial charge in [-0.25, -0.2) is 4.99 Å². The number of hydrogen-bond acceptors (Lipinski definition) is 5. The third-order valence-corrected chi connectivity index (χ3v) is 5.88. The lowest BCUT2D eigenvalue weighted by Crippen LogP contribution is -2.41. The van der Waals surface area contributed by atoms with Gasteiger partial charge in [0.05, 0.1) is 11.1 Å². The molecule has 9 heteroatoms. The van der Waals surface area contributed by atoms with Crippen LogP contribution in [0.2, 0.25) is 0 Å². The van der Waals surface area contributed by atoms with Crippen LogP contribution in [0, 0.1) is 6.92 Å². The van der Waals surface area contributed by atoms with E-state index in [1.54, 1.807) is 18.0 Å². The van der Waals surface area contributed by atoms with E-state index < -0.39 is 23.5 Å². The van der Waals surface area contributed by atoms with Crippen LogP contribution in [0.3, 0.4) is 0 Å². The van der Waals surface area contributed by atoms with E-state index in [4.69, 9.17) is 0 Å². The maximum absolute atomic E-state index is 13.3. The largest absolute Gasteiger partial charge is 0.507 e. The minimum atomic E-state index is -4.71. The highest BCUT2D eigenvalue weighted by atomic mass is 19.4. The Balaban J connectivity index is 1.73. The molecule has 0 spiro atoms. The van der Waals surface area contributed by atoms with E-state index in [1.807, 2.05) is 19.1 Å². The monoisotopic (exact) mass is 446 g/mol. The lowest BCUT2D eigenvalue weighted by molar-refractivity contribution is -0.138. The van der Waals surface area contributed by atoms with Crippen molar-refractivity contribution in [3.8, 4) is 5.75 Å². The molecule has 2 heterocycles. The molecule has 1 unspecified atom stereocenters. The standard InChI is InChI=1S/C23H25F3N4O2/c1-13-8-9-15-18(11-13)28-21(16-6-3-7-17(20(16)31)23(24,25)26)29-19(15)22(32)30(2)12-14-5-4-10-27-14/h3,6-9,11,14,19,27,31H,4-5,10,12H2,1-2H3,(H,28,29)/t14-,19?/m0/s1. The summed E-state index contributed by atoms with van der Waals surface area (Å²) in [5.41, 5.74) is 0.881. The average Bonchev–Trinajstić information content (AvgIpc) is 3.24. The maximum atomic E-state index is 13.3. The first-order valence-corrected chi connectivity index (χ1v) is 10.5. The number of rotatable bonds is 4. The number of aromatic hydroxyl groups is 1. The Bertz CT molecular complexity index is 1060. The van der Waals surface area contributed by atoms with Gasteiger partial charge in [0.2, 0.25) is 0 Å². The molecule has 4 rings (SSSR count). The number of aryl methyl sites for hydroxylation is 1. The zero-order valence-electron chi connectivity index (χ0n) is 17.8. The molecule has 2 atom stereocenters. The zero-order chi connectivity index (χ0) is 23.0. The van der Waals surface area contributed by atoms with E-state index >= 15 is 0 Å². The van der Waals surface area contributed by atoms with E-state index in [-0.39, 0.29) is 23.3 Å². The Kier molecular flexibility index (Phi) is 5.85. The molecule has 0 radical (unpaired) electrons. The number of amides is 1. The summed E-state index contributed by atoms with van der Waals surface area (Å²) >= 11 is 0. The molecule has 3 N–H and O–H groups in total. The summed E-state index contributed by atoms with van der Waals surface area (Å²) in [6.45, 7) is 3.31. The van der Waals surface area contributed by atoms with Crippen LogP contribution in [0.1, 0.15) is 41.1 Å². The summed E-state index contributed by atoms with van der Waals surface area (Å²) in [6, 6.07) is 8.13. The van der Waals surface area contributed by atoms with Gasteiger partial charge in [0.25, 0.3) is 5.91 Å². The van der Waals surface area contributed by atoms with Gasteiger partial charge in [-0.1, -0.05) is 18.2 Å². The second kappa shape index (κ2) is 8.46. The van der Waals surface area contributed by atoms with Crippen LogP contribution in [0.15, 0.2) is 41.4 Å². The number of carbonyl (C=O) groups excluding carboxylic acids is 1. The van der Waals surface area contributed by atoms with Crippen LogP contribution in [0.25, 0.3) is 0 Å². The minimum Gasteiger partial charge on any atom is -0.507 e. The van der Waals surface area contributed by atoms with Crippen LogP contribution in [0.4, 0.5) is 18.9 Å². The number of carbonyl (C=O) groups is 1. The fourth-order valence-electron chi connectivity index (χ4n) is 4.21. The molecule has 2 aliphatic rings. The number of amidine groups is 1. The molecule has 0 aromatic heterocycles. The fourth-order valence-corrected chi connectivity index (χ4v) is 4.21. The van der Waals surface area contributed by atoms with Gasteiger partial charge in [-0.3, -0.25) is 4.79 Å². The number of halogens is 3. The van der Waals surface area contributed by atoms with E-state index in [2.05, 4.69) is 15.6 Å². The first-order chi connectivity index (χ1) is 15.1. The summed E-state index contributed by atoms with van der Waals surface area (Å²) in [5.74, 6) is -1.15. The second-order valence-electron chi connectivity index (χ2n) is 8.31. The van der Waals surface area contributed by atoms with Crippen molar-refractivity contribution in [2.24, 2.45) is 4.99 Å². The summed E-state index contributed by atoms with van der Waals surface area (Å²) in [7, 11) is 1.70. The molecule has 1 saturated heterocycles. The van der Waals surface area contributed by atoms with E-state index in [0.29, 0.717) is 17.8 Å². The molecule has 0 aliphatic carbocycles. The van der Waals surface area contributed by atoms with Crippen LogP contribution in [-0.2, 0) is 11.0 Å². The second-order valence-corrected chi connectivity index (χ2v) is 8.31. The van der Waals surface area contributed by atoms with Gasteiger partial charge in [0.1, 0.15) is 11.6 Å². The normalized spacial score (nSPS) is 20.3. The van der Waals surface area contributed by atoms with Crippen molar-refractivity contribution < 1.29 is 23.1 Å². The maximum Gasteiger partial charge on any atom is 0.419 e. The molecule has 32 heavy (non-hydrogen) atoms. The van der Waals surface area contributed by atoms with Gasteiger partial charge in [0, 0.05) is 30.9 Å².